The lowest BCUT2D eigenvalue weighted by molar-refractivity contribution is -0.272. The quantitative estimate of drug-likeness (QED) is 0.456. The molecule has 208 valence electrons. The Morgan fingerprint density at radius 1 is 1.32 bits per heavy atom. The Morgan fingerprint density at radius 2 is 2.05 bits per heavy atom. The van der Waals surface area contributed by atoms with Crippen molar-refractivity contribution in [3.63, 3.8) is 0 Å². The third kappa shape index (κ3) is 5.20. The van der Waals surface area contributed by atoms with Gasteiger partial charge in [0.05, 0.1) is 30.8 Å². The van der Waals surface area contributed by atoms with Crippen molar-refractivity contribution in [2.45, 2.75) is 56.3 Å². The van der Waals surface area contributed by atoms with E-state index in [1.807, 2.05) is 0 Å². The predicted octanol–water partition coefficient (Wildman–Crippen LogP) is 3.60. The topological polar surface area (TPSA) is 116 Å². The average Bonchev–Trinajstić information content (AvgIpc) is 3.49. The van der Waals surface area contributed by atoms with Crippen molar-refractivity contribution in [1.29, 1.82) is 0 Å². The molecule has 1 amide bonds. The lowest BCUT2D eigenvalue weighted by atomic mass is 9.77. The number of aliphatic hydroxyl groups is 1. The second-order valence-corrected chi connectivity index (χ2v) is 9.55. The van der Waals surface area contributed by atoms with Crippen LogP contribution in [0.15, 0.2) is 30.5 Å². The van der Waals surface area contributed by atoms with Gasteiger partial charge in [-0.3, -0.25) is 9.78 Å². The van der Waals surface area contributed by atoms with Gasteiger partial charge in [0.1, 0.15) is 18.3 Å². The summed E-state index contributed by atoms with van der Waals surface area (Å²) in [5.74, 6) is -6.92. The monoisotopic (exact) mass is 545 g/mol. The molecule has 38 heavy (non-hydrogen) atoms. The smallest absolute Gasteiger partial charge is 0.417 e. The minimum absolute atomic E-state index is 0.0875. The Bertz CT molecular complexity index is 1160. The average molecular weight is 546 g/mol. The molecule has 2 saturated heterocycles. The molecule has 13 heteroatoms. The lowest BCUT2D eigenvalue weighted by Crippen LogP contribution is -2.47. The third-order valence-electron chi connectivity index (χ3n) is 7.16. The number of nitrogens with one attached hydrogen (secondary N) is 1. The first-order valence-corrected chi connectivity index (χ1v) is 12.0. The fourth-order valence-corrected chi connectivity index (χ4v) is 4.74. The molecule has 0 spiro atoms. The number of halogens is 5. The summed E-state index contributed by atoms with van der Waals surface area (Å²) in [7, 11) is 0. The van der Waals surface area contributed by atoms with Crippen LogP contribution < -0.4 is 15.8 Å². The van der Waals surface area contributed by atoms with Gasteiger partial charge in [-0.1, -0.05) is 13.0 Å². The van der Waals surface area contributed by atoms with Gasteiger partial charge < -0.3 is 30.4 Å². The molecule has 3 heterocycles. The zero-order chi connectivity index (χ0) is 27.8. The van der Waals surface area contributed by atoms with Crippen LogP contribution in [0.5, 0.6) is 5.75 Å². The number of amides is 1. The van der Waals surface area contributed by atoms with Crippen LogP contribution in [0.3, 0.4) is 0 Å². The summed E-state index contributed by atoms with van der Waals surface area (Å²) in [5, 5.41) is 12.3. The van der Waals surface area contributed by atoms with Gasteiger partial charge in [0.25, 0.3) is 5.91 Å². The first-order chi connectivity index (χ1) is 17.9. The fourth-order valence-electron chi connectivity index (χ4n) is 4.74. The van der Waals surface area contributed by atoms with E-state index >= 15 is 0 Å². The zero-order valence-electron chi connectivity index (χ0n) is 20.6. The Labute approximate surface area is 215 Å². The lowest BCUT2D eigenvalue weighted by Gasteiger charge is -2.32. The van der Waals surface area contributed by atoms with Gasteiger partial charge in [0.2, 0.25) is 5.82 Å². The van der Waals surface area contributed by atoms with Crippen molar-refractivity contribution in [3.8, 4) is 5.75 Å². The number of alkyl halides is 3. The largest absolute Gasteiger partial charge is 0.484 e. The molecule has 0 aliphatic carbocycles. The molecule has 1 aromatic carbocycles. The molecule has 0 unspecified atom stereocenters. The number of hydrogen-bond donors (Lipinski definition) is 3. The molecule has 6 atom stereocenters. The number of rotatable bonds is 7. The molecule has 0 saturated carbocycles. The van der Waals surface area contributed by atoms with Gasteiger partial charge in [-0.25, -0.2) is 4.39 Å². The van der Waals surface area contributed by atoms with E-state index in [1.165, 1.54) is 25.3 Å². The van der Waals surface area contributed by atoms with Gasteiger partial charge in [0, 0.05) is 30.4 Å². The van der Waals surface area contributed by atoms with Crippen molar-refractivity contribution in [1.82, 2.24) is 4.98 Å². The number of hydrogen-bond acceptors (Lipinski definition) is 7. The van der Waals surface area contributed by atoms with Crippen LogP contribution in [-0.2, 0) is 14.3 Å². The summed E-state index contributed by atoms with van der Waals surface area (Å²) < 4.78 is 88.0. The summed E-state index contributed by atoms with van der Waals surface area (Å²) >= 11 is 0. The number of nitrogens with zero attached hydrogens (tertiary/aromatic N) is 1. The van der Waals surface area contributed by atoms with Crippen LogP contribution in [0, 0.1) is 17.6 Å². The normalized spacial score (nSPS) is 28.3. The first-order valence-electron chi connectivity index (χ1n) is 12.0. The predicted molar refractivity (Wildman–Crippen MR) is 124 cm³/mol. The molecule has 2 aromatic rings. The first kappa shape index (κ1) is 28.1. The van der Waals surface area contributed by atoms with Crippen LogP contribution in [0.25, 0.3) is 0 Å². The number of carbonyl (C=O) groups excluding carboxylic acids is 1. The number of anilines is 1. The highest BCUT2D eigenvalue weighted by atomic mass is 19.4. The molecule has 1 aromatic heterocycles. The summed E-state index contributed by atoms with van der Waals surface area (Å²) in [6, 6.07) is 4.68. The van der Waals surface area contributed by atoms with E-state index in [9.17, 15) is 31.9 Å². The van der Waals surface area contributed by atoms with Crippen molar-refractivity contribution in [3.05, 3.63) is 53.4 Å². The van der Waals surface area contributed by atoms with Gasteiger partial charge in [-0.2, -0.15) is 17.6 Å². The number of carbonyl (C=O) groups is 1. The summed E-state index contributed by atoms with van der Waals surface area (Å²) in [6.45, 7) is 2.38. The molecule has 2 fully saturated rings. The molecule has 0 bridgehead atoms. The molecule has 4 rings (SSSR count). The zero-order valence-corrected chi connectivity index (χ0v) is 20.6. The number of ether oxygens (including phenoxy) is 3. The summed E-state index contributed by atoms with van der Waals surface area (Å²) in [5.41, 5.74) is 2.83. The molecular weight excluding hydrogens is 517 g/mol. The SMILES string of the molecule is C[C@H]1[C@@H](c2ccc(F)c(F)c2O[C@@H]2CCOC2)[C@H](C(=O)Nc2ccc([C@@H](O)CN)nc2)O[C@@]1(C)C(F)(F)F. The molecule has 4 N–H and O–H groups in total. The fraction of sp³-hybridized carbons (Fsp3) is 0.520. The second-order valence-electron chi connectivity index (χ2n) is 9.55. The van der Waals surface area contributed by atoms with Gasteiger partial charge in [0.15, 0.2) is 17.2 Å². The standard InChI is InChI=1S/C25H28F5N3O5/c1-12-19(15-4-5-16(26)20(27)21(15)37-14-7-8-36-11-14)22(38-24(12,2)25(28,29)30)23(35)33-13-3-6-17(32-10-13)18(34)9-31/h3-6,10,12,14,18-19,22,34H,7-9,11,31H2,1-2H3,(H,33,35)/t12-,14+,18-,19-,22+,24+/m0/s1. The van der Waals surface area contributed by atoms with Crippen LogP contribution in [-0.4, -0.2) is 59.7 Å². The van der Waals surface area contributed by atoms with E-state index in [1.54, 1.807) is 0 Å². The maximum absolute atomic E-state index is 15.0. The summed E-state index contributed by atoms with van der Waals surface area (Å²) in [4.78, 5) is 17.3. The van der Waals surface area contributed by atoms with E-state index in [2.05, 4.69) is 10.3 Å². The molecule has 2 aliphatic rings. The maximum Gasteiger partial charge on any atom is 0.417 e. The van der Waals surface area contributed by atoms with Crippen molar-refractivity contribution in [2.75, 3.05) is 25.1 Å². The number of aromatic nitrogens is 1. The summed E-state index contributed by atoms with van der Waals surface area (Å²) in [6.07, 6.45) is -6.74. The van der Waals surface area contributed by atoms with Crippen LogP contribution in [0.1, 0.15) is 43.5 Å². The highest BCUT2D eigenvalue weighted by Gasteiger charge is 2.66. The van der Waals surface area contributed by atoms with Crippen molar-refractivity contribution < 1.29 is 46.1 Å². The number of benzene rings is 1. The maximum atomic E-state index is 15.0. The third-order valence-corrected chi connectivity index (χ3v) is 7.16. The second kappa shape index (κ2) is 10.7. The minimum atomic E-state index is -4.89. The number of aliphatic hydroxyl groups excluding tert-OH is 1. The molecular formula is C25H28F5N3O5. The Balaban J connectivity index is 1.72. The molecule has 2 aliphatic heterocycles. The van der Waals surface area contributed by atoms with E-state index in [0.29, 0.717) is 13.0 Å². The number of pyridine rings is 1. The van der Waals surface area contributed by atoms with E-state index in [0.717, 1.165) is 19.1 Å². The Kier molecular flexibility index (Phi) is 7.94. The Morgan fingerprint density at radius 3 is 2.63 bits per heavy atom. The molecule has 0 radical (unpaired) electrons. The van der Waals surface area contributed by atoms with E-state index in [4.69, 9.17) is 19.9 Å². The van der Waals surface area contributed by atoms with Crippen LogP contribution in [0.2, 0.25) is 0 Å². The van der Waals surface area contributed by atoms with Gasteiger partial charge in [-0.15, -0.1) is 0 Å². The van der Waals surface area contributed by atoms with Crippen LogP contribution in [0.4, 0.5) is 27.6 Å². The van der Waals surface area contributed by atoms with Gasteiger partial charge in [-0.05, 0) is 25.1 Å². The molecule has 8 nitrogen and oxygen atoms in total. The highest BCUT2D eigenvalue weighted by Crippen LogP contribution is 2.55. The van der Waals surface area contributed by atoms with Crippen molar-refractivity contribution >= 4 is 11.6 Å². The number of nitrogens with two attached hydrogens (primary N) is 1. The van der Waals surface area contributed by atoms with Crippen molar-refractivity contribution in [2.24, 2.45) is 11.7 Å². The van der Waals surface area contributed by atoms with Gasteiger partial charge >= 0.3 is 6.18 Å². The van der Waals surface area contributed by atoms with E-state index < -0.39 is 65.2 Å². The highest BCUT2D eigenvalue weighted by molar-refractivity contribution is 5.95. The minimum Gasteiger partial charge on any atom is -0.484 e. The van der Waals surface area contributed by atoms with E-state index in [-0.39, 0.29) is 30.1 Å². The Hall–Kier alpha value is -2.87. The van der Waals surface area contributed by atoms with Crippen LogP contribution >= 0.6 is 0 Å².